The summed E-state index contributed by atoms with van der Waals surface area (Å²) in [6, 6.07) is 32.6. The van der Waals surface area contributed by atoms with E-state index in [9.17, 15) is 61.8 Å². The quantitative estimate of drug-likeness (QED) is 0.0821. The lowest BCUT2D eigenvalue weighted by molar-refractivity contribution is -0.138. The molecule has 0 N–H and O–H groups in total. The van der Waals surface area contributed by atoms with Gasteiger partial charge in [-0.15, -0.1) is 0 Å². The molecule has 0 aliphatic heterocycles. The standard InChI is InChI=1S/C50H28F12O2P2/c51-47(52,53)35-15-5-11-31(25-35)45(65-63,32-12-6-16-36(26-32)48(54,55)56)41-23-21-29-9-1-3-19-39(29)43(41)44-40-20-4-2-10-30(40)22-24-42(44)46(66-64,33-13-7-17-37(27-33)49(57,58)59)34-14-8-18-38(28-34)50(60,61)62/h1-28H. The third-order valence-corrected chi connectivity index (χ3v) is 13.7. The second-order valence-electron chi connectivity index (χ2n) is 15.3. The number of rotatable bonds is 9. The van der Waals surface area contributed by atoms with Crippen LogP contribution in [0, 0.1) is 0 Å². The maximum Gasteiger partial charge on any atom is 0.416 e. The highest BCUT2D eigenvalue weighted by molar-refractivity contribution is 7.26. The van der Waals surface area contributed by atoms with Gasteiger partial charge in [0.2, 0.25) is 0 Å². The first-order valence-electron chi connectivity index (χ1n) is 19.6. The largest absolute Gasteiger partial charge is 0.416 e. The highest BCUT2D eigenvalue weighted by Gasteiger charge is 2.47. The van der Waals surface area contributed by atoms with Gasteiger partial charge in [0, 0.05) is 0 Å². The summed E-state index contributed by atoms with van der Waals surface area (Å²) in [5.41, 5.74) is -6.99. The average Bonchev–Trinajstić information content (AvgIpc) is 3.29. The lowest BCUT2D eigenvalue weighted by Crippen LogP contribution is -2.27. The summed E-state index contributed by atoms with van der Waals surface area (Å²) >= 11 is 0. The molecule has 0 aliphatic carbocycles. The number of fused-ring (bicyclic) bond motifs is 2. The Morgan fingerprint density at radius 3 is 0.803 bits per heavy atom. The van der Waals surface area contributed by atoms with Crippen LogP contribution < -0.4 is 0 Å². The second-order valence-corrected chi connectivity index (χ2v) is 17.0. The minimum Gasteiger partial charge on any atom is -0.273 e. The van der Waals surface area contributed by atoms with Crippen molar-refractivity contribution >= 4 is 38.5 Å². The van der Waals surface area contributed by atoms with Gasteiger partial charge in [-0.3, -0.25) is 9.13 Å². The van der Waals surface area contributed by atoms with Crippen LogP contribution in [-0.2, 0) is 44.1 Å². The van der Waals surface area contributed by atoms with Crippen LogP contribution in [0.3, 0.4) is 0 Å². The Balaban J connectivity index is 1.63. The average molecular weight is 951 g/mol. The SMILES string of the molecule is O=PC(c1cccc(C(F)(F)F)c1)(c1cccc(C(F)(F)F)c1)c1ccc2ccccc2c1-c1c(C(P=O)(c2cccc(C(F)(F)F)c2)c2cccc(C(F)(F)F)c2)ccc2ccccc12. The maximum absolute atomic E-state index is 14.6. The molecule has 0 atom stereocenters. The first-order valence-corrected chi connectivity index (χ1v) is 21.2. The molecule has 0 amide bonds. The van der Waals surface area contributed by atoms with Gasteiger partial charge in [0.1, 0.15) is 10.3 Å². The molecule has 0 fully saturated rings. The van der Waals surface area contributed by atoms with Crippen molar-refractivity contribution in [2.24, 2.45) is 0 Å². The van der Waals surface area contributed by atoms with Crippen molar-refractivity contribution < 1.29 is 61.8 Å². The number of alkyl halides is 12. The van der Waals surface area contributed by atoms with Gasteiger partial charge >= 0.3 is 24.7 Å². The van der Waals surface area contributed by atoms with Gasteiger partial charge in [-0.1, -0.05) is 121 Å². The van der Waals surface area contributed by atoms with Gasteiger partial charge in [0.05, 0.1) is 22.3 Å². The van der Waals surface area contributed by atoms with Crippen molar-refractivity contribution in [3.8, 4) is 11.1 Å². The van der Waals surface area contributed by atoms with Crippen molar-refractivity contribution in [1.29, 1.82) is 0 Å². The zero-order chi connectivity index (χ0) is 47.5. The fourth-order valence-electron chi connectivity index (χ4n) is 8.63. The Labute approximate surface area is 370 Å². The Morgan fingerprint density at radius 1 is 0.288 bits per heavy atom. The maximum atomic E-state index is 14.6. The molecule has 0 saturated heterocycles. The molecule has 0 aliphatic rings. The van der Waals surface area contributed by atoms with Crippen LogP contribution in [0.15, 0.2) is 170 Å². The van der Waals surface area contributed by atoms with E-state index in [2.05, 4.69) is 0 Å². The fraction of sp³-hybridized carbons (Fsp3) is 0.120. The predicted octanol–water partition coefficient (Wildman–Crippen LogP) is 16.9. The van der Waals surface area contributed by atoms with Crippen molar-refractivity contribution in [1.82, 2.24) is 0 Å². The Hall–Kier alpha value is -6.36. The van der Waals surface area contributed by atoms with E-state index >= 15 is 0 Å². The zero-order valence-electron chi connectivity index (χ0n) is 33.4. The number of benzene rings is 8. The topological polar surface area (TPSA) is 34.1 Å². The molecule has 8 aromatic carbocycles. The van der Waals surface area contributed by atoms with Crippen LogP contribution in [0.2, 0.25) is 0 Å². The van der Waals surface area contributed by atoms with E-state index in [-0.39, 0.29) is 33.0 Å². The molecule has 66 heavy (non-hydrogen) atoms. The van der Waals surface area contributed by atoms with Crippen LogP contribution in [0.25, 0.3) is 32.7 Å². The molecule has 8 rings (SSSR count). The Kier molecular flexibility index (Phi) is 11.8. The lowest BCUT2D eigenvalue weighted by atomic mass is 9.73. The molecule has 8 aromatic rings. The van der Waals surface area contributed by atoms with Crippen molar-refractivity contribution in [3.05, 3.63) is 225 Å². The third kappa shape index (κ3) is 8.04. The van der Waals surface area contributed by atoms with E-state index in [1.807, 2.05) is 0 Å². The summed E-state index contributed by atoms with van der Waals surface area (Å²) in [7, 11) is -2.12. The molecule has 0 spiro atoms. The summed E-state index contributed by atoms with van der Waals surface area (Å²) in [5.74, 6) is 0. The molecule has 0 saturated carbocycles. The monoisotopic (exact) mass is 950 g/mol. The van der Waals surface area contributed by atoms with Gasteiger partial charge < -0.3 is 0 Å². The number of halogens is 12. The minimum atomic E-state index is -5.01. The molecule has 16 heteroatoms. The Morgan fingerprint density at radius 2 is 0.545 bits per heavy atom. The fourth-order valence-corrected chi connectivity index (χ4v) is 10.2. The highest BCUT2D eigenvalue weighted by atomic mass is 31.1. The van der Waals surface area contributed by atoms with Crippen LogP contribution in [0.1, 0.15) is 55.6 Å². The van der Waals surface area contributed by atoms with Crippen molar-refractivity contribution in [3.63, 3.8) is 0 Å². The first-order chi connectivity index (χ1) is 31.1. The van der Waals surface area contributed by atoms with E-state index in [0.29, 0.717) is 35.0 Å². The van der Waals surface area contributed by atoms with Gasteiger partial charge in [-0.2, -0.15) is 52.7 Å². The highest BCUT2D eigenvalue weighted by Crippen LogP contribution is 2.58. The molecule has 0 bridgehead atoms. The van der Waals surface area contributed by atoms with E-state index in [4.69, 9.17) is 0 Å². The third-order valence-electron chi connectivity index (χ3n) is 11.6. The summed E-state index contributed by atoms with van der Waals surface area (Å²) in [5, 5.41) is -3.68. The first kappa shape index (κ1) is 46.2. The molecule has 334 valence electrons. The number of hydrogen-bond acceptors (Lipinski definition) is 2. The van der Waals surface area contributed by atoms with Crippen LogP contribution in [-0.4, -0.2) is 0 Å². The molecular formula is C50H28F12O2P2. The van der Waals surface area contributed by atoms with Crippen LogP contribution >= 0.6 is 16.9 Å². The van der Waals surface area contributed by atoms with Crippen LogP contribution in [0.5, 0.6) is 0 Å². The molecule has 0 radical (unpaired) electrons. The second kappa shape index (κ2) is 16.8. The molecule has 0 heterocycles. The normalized spacial score (nSPS) is 13.2. The minimum absolute atomic E-state index is 0.0370. The molecule has 0 aromatic heterocycles. The van der Waals surface area contributed by atoms with Crippen molar-refractivity contribution in [2.45, 2.75) is 35.0 Å². The summed E-state index contributed by atoms with van der Waals surface area (Å²) < 4.78 is 204. The van der Waals surface area contributed by atoms with E-state index < -0.39 is 96.4 Å². The smallest absolute Gasteiger partial charge is 0.273 e. The molecule has 2 nitrogen and oxygen atoms in total. The van der Waals surface area contributed by atoms with Crippen molar-refractivity contribution in [2.75, 3.05) is 0 Å². The molecular weight excluding hydrogens is 922 g/mol. The lowest BCUT2D eigenvalue weighted by Gasteiger charge is -2.36. The summed E-state index contributed by atoms with van der Waals surface area (Å²) in [6.45, 7) is 0. The van der Waals surface area contributed by atoms with Gasteiger partial charge in [0.15, 0.2) is 16.9 Å². The zero-order valence-corrected chi connectivity index (χ0v) is 35.2. The van der Waals surface area contributed by atoms with Gasteiger partial charge in [-0.25, -0.2) is 0 Å². The van der Waals surface area contributed by atoms with E-state index in [0.717, 1.165) is 72.8 Å². The van der Waals surface area contributed by atoms with Gasteiger partial charge in [-0.05, 0) is 115 Å². The number of hydrogen-bond donors (Lipinski definition) is 0. The van der Waals surface area contributed by atoms with Crippen LogP contribution in [0.4, 0.5) is 52.7 Å². The van der Waals surface area contributed by atoms with E-state index in [1.165, 1.54) is 24.3 Å². The Bertz CT molecular complexity index is 2840. The predicted molar refractivity (Wildman–Crippen MR) is 228 cm³/mol. The summed E-state index contributed by atoms with van der Waals surface area (Å²) in [6.07, 6.45) is -20.0. The summed E-state index contributed by atoms with van der Waals surface area (Å²) in [4.78, 5) is 0. The van der Waals surface area contributed by atoms with E-state index in [1.54, 1.807) is 48.5 Å². The van der Waals surface area contributed by atoms with Gasteiger partial charge in [0.25, 0.3) is 0 Å². The molecule has 0 unspecified atom stereocenters.